The number of aliphatic hydroxyl groups is 2. The van der Waals surface area contributed by atoms with Crippen LogP contribution in [0.1, 0.15) is 6.23 Å². The van der Waals surface area contributed by atoms with Crippen LogP contribution in [0.5, 0.6) is 0 Å². The lowest BCUT2D eigenvalue weighted by Gasteiger charge is -2.16. The molecule has 1 saturated heterocycles. The van der Waals surface area contributed by atoms with Crippen molar-refractivity contribution >= 4 is 13.6 Å². The van der Waals surface area contributed by atoms with Crippen LogP contribution >= 0.6 is 7.82 Å². The number of nitrogen functional groups attached to an aromatic ring is 1. The average molecular weight is 328 g/mol. The third-order valence-electron chi connectivity index (χ3n) is 2.87. The van der Waals surface area contributed by atoms with Crippen molar-refractivity contribution in [2.24, 2.45) is 0 Å². The monoisotopic (exact) mass is 328 g/mol. The van der Waals surface area contributed by atoms with Crippen molar-refractivity contribution in [1.29, 1.82) is 0 Å². The molecule has 1 aromatic heterocycles. The van der Waals surface area contributed by atoms with Gasteiger partial charge in [0.2, 0.25) is 0 Å². The standard InChI is InChI=1S/C9H14N3O8P/c10-5-1-2-12(9(15)11-5)8-7(14)6(13)4(20-8)3-19-21(16,17)18/h1-2,4,6-8,13-14H,3H2,(H2,10,11,15)(H2,16,17,18)/t4-,6-,7-,8-/m1/s1/i3+1,4+1,6+1,7+1,8+1. The van der Waals surface area contributed by atoms with Crippen LogP contribution in [0.4, 0.5) is 5.82 Å². The Bertz CT molecular complexity index is 615. The van der Waals surface area contributed by atoms with Crippen LogP contribution in [-0.4, -0.2) is 54.5 Å². The maximum absolute atomic E-state index is 11.6. The first-order chi connectivity index (χ1) is 9.69. The molecule has 1 fully saturated rings. The van der Waals surface area contributed by atoms with E-state index in [0.29, 0.717) is 0 Å². The minimum absolute atomic E-state index is 0.0225. The Morgan fingerprint density at radius 1 is 1.43 bits per heavy atom. The second-order valence-corrected chi connectivity index (χ2v) is 5.61. The predicted molar refractivity (Wildman–Crippen MR) is 66.8 cm³/mol. The summed E-state index contributed by atoms with van der Waals surface area (Å²) < 4.78 is 20.9. The average Bonchev–Trinajstić information content (AvgIpc) is 2.64. The van der Waals surface area contributed by atoms with Gasteiger partial charge >= 0.3 is 13.5 Å². The molecule has 2 rings (SSSR count). The lowest BCUT2D eigenvalue weighted by Crippen LogP contribution is -2.36. The van der Waals surface area contributed by atoms with Crippen molar-refractivity contribution in [1.82, 2.24) is 9.55 Å². The largest absolute Gasteiger partial charge is 0.469 e. The number of hydrogen-bond donors (Lipinski definition) is 5. The quantitative estimate of drug-likeness (QED) is 0.294. The maximum Gasteiger partial charge on any atom is 0.469 e. The van der Waals surface area contributed by atoms with Gasteiger partial charge < -0.3 is 30.5 Å². The highest BCUT2D eigenvalue weighted by atomic mass is 31.2. The zero-order valence-electron chi connectivity index (χ0n) is 10.5. The van der Waals surface area contributed by atoms with Gasteiger partial charge in [0.15, 0.2) is 6.23 Å². The number of aliphatic hydroxyl groups excluding tert-OH is 2. The zero-order chi connectivity index (χ0) is 15.8. The Kier molecular flexibility index (Phi) is 4.44. The van der Waals surface area contributed by atoms with Crippen molar-refractivity contribution in [3.63, 3.8) is 0 Å². The van der Waals surface area contributed by atoms with Crippen LogP contribution in [0.3, 0.4) is 0 Å². The van der Waals surface area contributed by atoms with E-state index in [1.807, 2.05) is 0 Å². The molecule has 2 heterocycles. The fourth-order valence-electron chi connectivity index (χ4n) is 1.89. The minimum atomic E-state index is -4.74. The second kappa shape index (κ2) is 5.81. The summed E-state index contributed by atoms with van der Waals surface area (Å²) in [5.74, 6) is -0.0225. The normalized spacial score (nSPS) is 29.7. The second-order valence-electron chi connectivity index (χ2n) is 4.37. The van der Waals surface area contributed by atoms with Gasteiger partial charge in [-0.1, -0.05) is 0 Å². The summed E-state index contributed by atoms with van der Waals surface area (Å²) in [5, 5.41) is 19.6. The lowest BCUT2D eigenvalue weighted by molar-refractivity contribution is -0.0542. The van der Waals surface area contributed by atoms with Gasteiger partial charge in [0, 0.05) is 6.20 Å². The smallest absolute Gasteiger partial charge is 0.387 e. The molecular formula is C9H14N3O8P. The summed E-state index contributed by atoms with van der Waals surface area (Å²) >= 11 is 0. The molecule has 4 atom stereocenters. The third kappa shape index (κ3) is 3.66. The Morgan fingerprint density at radius 2 is 2.10 bits per heavy atom. The molecule has 118 valence electrons. The number of anilines is 1. The van der Waals surface area contributed by atoms with Crippen molar-refractivity contribution in [2.45, 2.75) is 24.5 Å². The van der Waals surface area contributed by atoms with Gasteiger partial charge in [-0.2, -0.15) is 4.98 Å². The van der Waals surface area contributed by atoms with Crippen molar-refractivity contribution < 1.29 is 33.8 Å². The first-order valence-corrected chi connectivity index (χ1v) is 7.28. The number of phosphoric ester groups is 1. The van der Waals surface area contributed by atoms with Gasteiger partial charge in [-0.3, -0.25) is 9.09 Å². The van der Waals surface area contributed by atoms with E-state index in [0.717, 1.165) is 4.57 Å². The topological polar surface area (TPSA) is 177 Å². The fraction of sp³-hybridized carbons (Fsp3) is 0.556. The molecule has 0 radical (unpaired) electrons. The Hall–Kier alpha value is -1.33. The Labute approximate surface area is 117 Å². The summed E-state index contributed by atoms with van der Waals surface area (Å²) in [6, 6.07) is 1.29. The molecule has 0 amide bonds. The molecule has 11 nitrogen and oxygen atoms in total. The molecular weight excluding hydrogens is 314 g/mol. The van der Waals surface area contributed by atoms with Gasteiger partial charge in [-0.05, 0) is 6.07 Å². The molecule has 6 N–H and O–H groups in total. The summed E-state index contributed by atoms with van der Waals surface area (Å²) in [6.45, 7) is -0.657. The Morgan fingerprint density at radius 3 is 2.67 bits per heavy atom. The van der Waals surface area contributed by atoms with Gasteiger partial charge in [0.05, 0.1) is 6.61 Å². The van der Waals surface area contributed by atoms with E-state index in [9.17, 15) is 19.6 Å². The SMILES string of the molecule is Nc1ccn([13C@@H]2O[13C@H]([13CH2]OP(=O)(O)O)[13C@@H](O)[13C@H]2O)c(=O)n1. The van der Waals surface area contributed by atoms with Crippen LogP contribution in [-0.2, 0) is 13.8 Å². The van der Waals surface area contributed by atoms with Gasteiger partial charge in [-0.25, -0.2) is 9.36 Å². The molecule has 0 aliphatic carbocycles. The van der Waals surface area contributed by atoms with E-state index in [2.05, 4.69) is 9.51 Å². The number of phosphoric acid groups is 1. The van der Waals surface area contributed by atoms with Crippen LogP contribution < -0.4 is 11.4 Å². The number of nitrogens with two attached hydrogens (primary N) is 1. The van der Waals surface area contributed by atoms with Gasteiger partial charge in [0.25, 0.3) is 0 Å². The van der Waals surface area contributed by atoms with E-state index in [1.165, 1.54) is 12.3 Å². The number of aromatic nitrogens is 2. The maximum atomic E-state index is 11.6. The molecule has 0 aromatic carbocycles. The lowest BCUT2D eigenvalue weighted by atomic mass is 10.6. The molecule has 1 aliphatic heterocycles. The van der Waals surface area contributed by atoms with Crippen LogP contribution in [0.15, 0.2) is 17.1 Å². The number of nitrogens with zero attached hydrogens (tertiary/aromatic N) is 2. The molecule has 0 unspecified atom stereocenters. The van der Waals surface area contributed by atoms with Crippen molar-refractivity contribution in [2.75, 3.05) is 12.3 Å². The molecule has 1 aromatic rings. The van der Waals surface area contributed by atoms with E-state index in [4.69, 9.17) is 20.3 Å². The number of rotatable bonds is 4. The van der Waals surface area contributed by atoms with E-state index >= 15 is 0 Å². The molecule has 0 spiro atoms. The summed E-state index contributed by atoms with van der Waals surface area (Å²) in [7, 11) is -4.74. The molecule has 0 bridgehead atoms. The summed E-state index contributed by atoms with van der Waals surface area (Å²) in [5.41, 5.74) is 4.52. The highest BCUT2D eigenvalue weighted by Gasteiger charge is 2.44. The molecule has 12 heteroatoms. The van der Waals surface area contributed by atoms with Crippen LogP contribution in [0.25, 0.3) is 0 Å². The highest BCUT2D eigenvalue weighted by molar-refractivity contribution is 7.46. The molecule has 0 saturated carbocycles. The third-order valence-corrected chi connectivity index (χ3v) is 3.36. The predicted octanol–water partition coefficient (Wildman–Crippen LogP) is -2.45. The van der Waals surface area contributed by atoms with E-state index in [1.54, 1.807) is 0 Å². The Balaban J connectivity index is 2.16. The molecule has 21 heavy (non-hydrogen) atoms. The number of hydrogen-bond acceptors (Lipinski definition) is 8. The fourth-order valence-corrected chi connectivity index (χ4v) is 2.23. The van der Waals surface area contributed by atoms with Crippen molar-refractivity contribution in [3.05, 3.63) is 22.7 Å². The highest BCUT2D eigenvalue weighted by Crippen LogP contribution is 2.38. The van der Waals surface area contributed by atoms with E-state index in [-0.39, 0.29) is 5.82 Å². The summed E-state index contributed by atoms with van der Waals surface area (Å²) in [6.07, 6.45) is -4.27. The first kappa shape index (κ1) is 16.0. The zero-order valence-corrected chi connectivity index (χ0v) is 11.4. The van der Waals surface area contributed by atoms with Crippen molar-refractivity contribution in [3.8, 4) is 0 Å². The van der Waals surface area contributed by atoms with Crippen LogP contribution in [0, 0.1) is 0 Å². The van der Waals surface area contributed by atoms with E-state index < -0.39 is 44.7 Å². The number of ether oxygens (including phenoxy) is 1. The first-order valence-electron chi connectivity index (χ1n) is 5.75. The molecule has 1 aliphatic rings. The van der Waals surface area contributed by atoms with Gasteiger partial charge in [-0.15, -0.1) is 0 Å². The van der Waals surface area contributed by atoms with Crippen LogP contribution in [0.2, 0.25) is 0 Å². The summed E-state index contributed by atoms with van der Waals surface area (Å²) in [4.78, 5) is 32.3. The van der Waals surface area contributed by atoms with Gasteiger partial charge in [0.1, 0.15) is 24.1 Å². The minimum Gasteiger partial charge on any atom is -0.387 e.